The SMILES string of the molecule is CCCCCCCCCCCCCCCCNCC(=O)NCCCC. The molecule has 0 aromatic carbocycles. The van der Waals surface area contributed by atoms with Gasteiger partial charge in [0.25, 0.3) is 0 Å². The molecule has 2 N–H and O–H groups in total. The van der Waals surface area contributed by atoms with Crippen LogP contribution in [0.4, 0.5) is 0 Å². The summed E-state index contributed by atoms with van der Waals surface area (Å²) in [6, 6.07) is 0. The van der Waals surface area contributed by atoms with Gasteiger partial charge in [0.1, 0.15) is 0 Å². The maximum absolute atomic E-state index is 11.5. The molecule has 1 amide bonds. The fraction of sp³-hybridized carbons (Fsp3) is 0.955. The van der Waals surface area contributed by atoms with Gasteiger partial charge in [0.05, 0.1) is 6.54 Å². The summed E-state index contributed by atoms with van der Waals surface area (Å²) in [6.45, 7) is 6.68. The highest BCUT2D eigenvalue weighted by atomic mass is 16.1. The minimum atomic E-state index is 0.138. The Balaban J connectivity index is 3.06. The molecule has 3 heteroatoms. The molecule has 150 valence electrons. The Morgan fingerprint density at radius 3 is 1.48 bits per heavy atom. The predicted molar refractivity (Wildman–Crippen MR) is 111 cm³/mol. The summed E-state index contributed by atoms with van der Waals surface area (Å²) in [5.74, 6) is 0.138. The first-order chi connectivity index (χ1) is 12.3. The molecule has 0 saturated heterocycles. The number of carbonyl (C=O) groups is 1. The molecule has 0 bridgehead atoms. The van der Waals surface area contributed by atoms with Crippen LogP contribution in [-0.4, -0.2) is 25.5 Å². The second-order valence-corrected chi connectivity index (χ2v) is 7.48. The Morgan fingerprint density at radius 2 is 1.00 bits per heavy atom. The summed E-state index contributed by atoms with van der Waals surface area (Å²) in [5, 5.41) is 6.18. The molecule has 3 nitrogen and oxygen atoms in total. The third kappa shape index (κ3) is 21.4. The van der Waals surface area contributed by atoms with Gasteiger partial charge in [0, 0.05) is 6.54 Å². The molecule has 0 heterocycles. The van der Waals surface area contributed by atoms with Crippen molar-refractivity contribution >= 4 is 5.91 Å². The Morgan fingerprint density at radius 1 is 0.560 bits per heavy atom. The Kier molecular flexibility index (Phi) is 21.0. The number of hydrogen-bond donors (Lipinski definition) is 2. The lowest BCUT2D eigenvalue weighted by Crippen LogP contribution is -2.34. The highest BCUT2D eigenvalue weighted by Crippen LogP contribution is 2.12. The molecule has 25 heavy (non-hydrogen) atoms. The summed E-state index contributed by atoms with van der Waals surface area (Å²) in [5.41, 5.74) is 0. The summed E-state index contributed by atoms with van der Waals surface area (Å²) in [4.78, 5) is 11.5. The van der Waals surface area contributed by atoms with Gasteiger partial charge in [-0.3, -0.25) is 4.79 Å². The standard InChI is InChI=1S/C22H46N2O/c1-3-5-7-8-9-10-11-12-13-14-15-16-17-18-19-23-21-22(25)24-20-6-4-2/h23H,3-21H2,1-2H3,(H,24,25). The molecule has 0 unspecified atom stereocenters. The van der Waals surface area contributed by atoms with Gasteiger partial charge in [-0.25, -0.2) is 0 Å². The van der Waals surface area contributed by atoms with E-state index in [1.807, 2.05) is 0 Å². The van der Waals surface area contributed by atoms with Crippen molar-refractivity contribution in [1.29, 1.82) is 0 Å². The van der Waals surface area contributed by atoms with Crippen LogP contribution in [0.25, 0.3) is 0 Å². The number of nitrogens with one attached hydrogen (secondary N) is 2. The summed E-state index contributed by atoms with van der Waals surface area (Å²) in [7, 11) is 0. The Hall–Kier alpha value is -0.570. The zero-order chi connectivity index (χ0) is 18.4. The van der Waals surface area contributed by atoms with Gasteiger partial charge >= 0.3 is 0 Å². The fourth-order valence-corrected chi connectivity index (χ4v) is 3.11. The monoisotopic (exact) mass is 354 g/mol. The average molecular weight is 355 g/mol. The van der Waals surface area contributed by atoms with E-state index in [4.69, 9.17) is 0 Å². The summed E-state index contributed by atoms with van der Waals surface area (Å²) < 4.78 is 0. The van der Waals surface area contributed by atoms with Gasteiger partial charge in [-0.1, -0.05) is 104 Å². The van der Waals surface area contributed by atoms with E-state index in [-0.39, 0.29) is 5.91 Å². The number of hydrogen-bond acceptors (Lipinski definition) is 2. The first kappa shape index (κ1) is 24.4. The van der Waals surface area contributed by atoms with E-state index in [9.17, 15) is 4.79 Å². The zero-order valence-corrected chi connectivity index (χ0v) is 17.3. The van der Waals surface area contributed by atoms with Crippen LogP contribution < -0.4 is 10.6 Å². The van der Waals surface area contributed by atoms with Gasteiger partial charge < -0.3 is 10.6 Å². The molecule has 0 aliphatic carbocycles. The van der Waals surface area contributed by atoms with E-state index >= 15 is 0 Å². The van der Waals surface area contributed by atoms with Gasteiger partial charge in [-0.15, -0.1) is 0 Å². The maximum atomic E-state index is 11.5. The minimum absolute atomic E-state index is 0.138. The molecule has 0 aromatic heterocycles. The minimum Gasteiger partial charge on any atom is -0.355 e. The summed E-state index contributed by atoms with van der Waals surface area (Å²) >= 11 is 0. The van der Waals surface area contributed by atoms with Crippen molar-refractivity contribution in [3.63, 3.8) is 0 Å². The quantitative estimate of drug-likeness (QED) is 0.264. The van der Waals surface area contributed by atoms with Gasteiger partial charge in [0.15, 0.2) is 0 Å². The van der Waals surface area contributed by atoms with Crippen LogP contribution >= 0.6 is 0 Å². The van der Waals surface area contributed by atoms with Crippen LogP contribution in [0.1, 0.15) is 117 Å². The lowest BCUT2D eigenvalue weighted by atomic mass is 10.0. The van der Waals surface area contributed by atoms with E-state index in [2.05, 4.69) is 24.5 Å². The molecule has 0 rings (SSSR count). The van der Waals surface area contributed by atoms with Crippen molar-refractivity contribution in [2.45, 2.75) is 117 Å². The predicted octanol–water partition coefficient (Wildman–Crippen LogP) is 5.97. The van der Waals surface area contributed by atoms with E-state index in [0.717, 1.165) is 25.9 Å². The molecule has 0 radical (unpaired) electrons. The second kappa shape index (κ2) is 21.5. The Labute approximate surface area is 158 Å². The third-order valence-corrected chi connectivity index (χ3v) is 4.85. The van der Waals surface area contributed by atoms with Crippen LogP contribution in [0.15, 0.2) is 0 Å². The fourth-order valence-electron chi connectivity index (χ4n) is 3.11. The van der Waals surface area contributed by atoms with Gasteiger partial charge in [0.2, 0.25) is 5.91 Å². The van der Waals surface area contributed by atoms with E-state index in [1.54, 1.807) is 0 Å². The normalized spacial score (nSPS) is 11.0. The molecule has 0 fully saturated rings. The van der Waals surface area contributed by atoms with E-state index in [1.165, 1.54) is 89.9 Å². The van der Waals surface area contributed by atoms with Crippen molar-refractivity contribution < 1.29 is 4.79 Å². The van der Waals surface area contributed by atoms with Crippen LogP contribution in [-0.2, 0) is 4.79 Å². The molecule has 0 saturated carbocycles. The topological polar surface area (TPSA) is 41.1 Å². The van der Waals surface area contributed by atoms with Gasteiger partial charge in [-0.2, -0.15) is 0 Å². The van der Waals surface area contributed by atoms with Crippen molar-refractivity contribution in [2.24, 2.45) is 0 Å². The third-order valence-electron chi connectivity index (χ3n) is 4.85. The number of carbonyl (C=O) groups excluding carboxylic acids is 1. The zero-order valence-electron chi connectivity index (χ0n) is 17.3. The van der Waals surface area contributed by atoms with Crippen molar-refractivity contribution in [3.8, 4) is 0 Å². The van der Waals surface area contributed by atoms with E-state index in [0.29, 0.717) is 6.54 Å². The molecule has 0 atom stereocenters. The van der Waals surface area contributed by atoms with Crippen molar-refractivity contribution in [3.05, 3.63) is 0 Å². The number of unbranched alkanes of at least 4 members (excludes halogenated alkanes) is 14. The largest absolute Gasteiger partial charge is 0.355 e. The van der Waals surface area contributed by atoms with Crippen LogP contribution in [0.3, 0.4) is 0 Å². The lowest BCUT2D eigenvalue weighted by molar-refractivity contribution is -0.120. The molecular weight excluding hydrogens is 308 g/mol. The first-order valence-electron chi connectivity index (χ1n) is 11.3. The second-order valence-electron chi connectivity index (χ2n) is 7.48. The first-order valence-corrected chi connectivity index (χ1v) is 11.3. The van der Waals surface area contributed by atoms with Crippen LogP contribution in [0, 0.1) is 0 Å². The molecule has 0 aliphatic rings. The van der Waals surface area contributed by atoms with Crippen molar-refractivity contribution in [1.82, 2.24) is 10.6 Å². The number of amides is 1. The van der Waals surface area contributed by atoms with Gasteiger partial charge in [-0.05, 0) is 19.4 Å². The molecule has 0 spiro atoms. The average Bonchev–Trinajstić information content (AvgIpc) is 2.61. The maximum Gasteiger partial charge on any atom is 0.233 e. The van der Waals surface area contributed by atoms with Crippen LogP contribution in [0.2, 0.25) is 0 Å². The lowest BCUT2D eigenvalue weighted by Gasteiger charge is -2.06. The molecule has 0 aliphatic heterocycles. The smallest absolute Gasteiger partial charge is 0.233 e. The number of rotatable bonds is 20. The molecular formula is C22H46N2O. The van der Waals surface area contributed by atoms with E-state index < -0.39 is 0 Å². The highest BCUT2D eigenvalue weighted by molar-refractivity contribution is 5.77. The Bertz CT molecular complexity index is 269. The summed E-state index contributed by atoms with van der Waals surface area (Å²) in [6.07, 6.45) is 21.7. The van der Waals surface area contributed by atoms with Crippen molar-refractivity contribution in [2.75, 3.05) is 19.6 Å². The molecule has 0 aromatic rings. The van der Waals surface area contributed by atoms with Crippen LogP contribution in [0.5, 0.6) is 0 Å². The highest BCUT2D eigenvalue weighted by Gasteiger charge is 1.99.